The molecule has 0 radical (unpaired) electrons. The largest absolute Gasteiger partial charge is 0.467 e. The normalized spacial score (nSPS) is 27.6. The van der Waals surface area contributed by atoms with Crippen molar-refractivity contribution >= 4 is 23.9 Å². The molecule has 3 unspecified atom stereocenters. The van der Waals surface area contributed by atoms with Crippen molar-refractivity contribution in [2.75, 3.05) is 34.3 Å². The van der Waals surface area contributed by atoms with Crippen molar-refractivity contribution in [3.05, 3.63) is 70.3 Å². The number of esters is 2. The average Bonchev–Trinajstić information content (AvgIpc) is 3.17. The van der Waals surface area contributed by atoms with Crippen LogP contribution in [0.2, 0.25) is 0 Å². The number of fused-ring (bicyclic) bond motifs is 3. The van der Waals surface area contributed by atoms with Gasteiger partial charge in [0.25, 0.3) is 0 Å². The van der Waals surface area contributed by atoms with Crippen LogP contribution in [-0.4, -0.2) is 79.4 Å². The summed E-state index contributed by atoms with van der Waals surface area (Å²) < 4.78 is 22.5. The van der Waals surface area contributed by atoms with E-state index in [0.29, 0.717) is 18.6 Å². The predicted octanol–water partition coefficient (Wildman–Crippen LogP) is 3.07. The van der Waals surface area contributed by atoms with Gasteiger partial charge in [0, 0.05) is 18.4 Å². The van der Waals surface area contributed by atoms with Gasteiger partial charge in [-0.2, -0.15) is 10.2 Å². The molecule has 0 spiro atoms. The number of carbonyl (C=O) groups is 2. The molecule has 0 N–H and O–H groups in total. The van der Waals surface area contributed by atoms with Crippen LogP contribution in [-0.2, 0) is 35.0 Å². The van der Waals surface area contributed by atoms with Crippen molar-refractivity contribution in [2.45, 2.75) is 44.8 Å². The van der Waals surface area contributed by atoms with Gasteiger partial charge in [-0.25, -0.2) is 14.6 Å². The highest BCUT2D eigenvalue weighted by atomic mass is 16.6. The monoisotopic (exact) mass is 534 g/mol. The van der Waals surface area contributed by atoms with Crippen LogP contribution in [0.25, 0.3) is 0 Å². The average molecular weight is 535 g/mol. The molecule has 0 aromatic heterocycles. The molecule has 39 heavy (non-hydrogen) atoms. The van der Waals surface area contributed by atoms with E-state index in [4.69, 9.17) is 24.0 Å². The summed E-state index contributed by atoms with van der Waals surface area (Å²) in [6.45, 7) is 6.43. The molecule has 1 aromatic carbocycles. The molecule has 0 fully saturated rings. The summed E-state index contributed by atoms with van der Waals surface area (Å²) in [6, 6.07) is 5.99. The molecule has 10 heteroatoms. The number of aryl methyl sites for hydroxylation is 1. The van der Waals surface area contributed by atoms with Crippen molar-refractivity contribution in [2.24, 2.45) is 16.1 Å². The second-order valence-corrected chi connectivity index (χ2v) is 10.4. The molecule has 0 bridgehead atoms. The maximum Gasteiger partial charge on any atom is 0.345 e. The summed E-state index contributed by atoms with van der Waals surface area (Å²) in [4.78, 5) is 25.8. The molecular weight excluding hydrogens is 500 g/mol. The minimum atomic E-state index is -1.34. The van der Waals surface area contributed by atoms with Crippen molar-refractivity contribution in [3.63, 3.8) is 0 Å². The topological polar surface area (TPSA) is 102 Å². The Morgan fingerprint density at radius 3 is 2.59 bits per heavy atom. The third-order valence-corrected chi connectivity index (χ3v) is 7.54. The zero-order valence-electron chi connectivity index (χ0n) is 23.0. The van der Waals surface area contributed by atoms with Crippen LogP contribution in [0, 0.1) is 12.8 Å². The van der Waals surface area contributed by atoms with Crippen LogP contribution in [0.1, 0.15) is 37.0 Å². The van der Waals surface area contributed by atoms with Crippen molar-refractivity contribution in [1.29, 1.82) is 0 Å². The van der Waals surface area contributed by atoms with E-state index in [2.05, 4.69) is 24.2 Å². The number of hydrazone groups is 2. The number of nitrogens with zero attached hydrogens (tertiary/aromatic N) is 4. The number of benzene rings is 1. The molecule has 0 amide bonds. The Bertz CT molecular complexity index is 1330. The Kier molecular flexibility index (Phi) is 7.17. The number of hydrogen-bond donors (Lipinski definition) is 0. The highest BCUT2D eigenvalue weighted by Crippen LogP contribution is 2.38. The summed E-state index contributed by atoms with van der Waals surface area (Å²) in [6.07, 6.45) is 10.4. The van der Waals surface area contributed by atoms with Gasteiger partial charge in [-0.1, -0.05) is 66.1 Å². The maximum atomic E-state index is 12.9. The van der Waals surface area contributed by atoms with Gasteiger partial charge >= 0.3 is 11.9 Å². The number of methoxy groups -OCH3 is 2. The first-order chi connectivity index (χ1) is 18.7. The first-order valence-corrected chi connectivity index (χ1v) is 12.9. The summed E-state index contributed by atoms with van der Waals surface area (Å²) in [5.41, 5.74) is 3.00. The minimum absolute atomic E-state index is 0.0389. The van der Waals surface area contributed by atoms with Crippen molar-refractivity contribution < 1.29 is 28.5 Å². The van der Waals surface area contributed by atoms with E-state index in [1.807, 2.05) is 44.2 Å². The molecular formula is C29H34N4O6. The van der Waals surface area contributed by atoms with Gasteiger partial charge < -0.3 is 18.9 Å². The number of carbonyl (C=O) groups excluding carboxylic acids is 2. The number of hydrogen-bond acceptors (Lipinski definition) is 10. The van der Waals surface area contributed by atoms with E-state index >= 15 is 0 Å². The molecule has 10 nitrogen and oxygen atoms in total. The van der Waals surface area contributed by atoms with Crippen LogP contribution < -0.4 is 0 Å². The summed E-state index contributed by atoms with van der Waals surface area (Å²) in [7, 11) is 2.70. The molecule has 2 aliphatic heterocycles. The molecule has 4 aliphatic rings. The molecule has 2 heterocycles. The highest BCUT2D eigenvalue weighted by Gasteiger charge is 2.54. The Labute approximate surface area is 228 Å². The molecule has 0 saturated carbocycles. The second kappa shape index (κ2) is 10.4. The quantitative estimate of drug-likeness (QED) is 0.513. The third kappa shape index (κ3) is 4.90. The molecule has 3 atom stereocenters. The fourth-order valence-corrected chi connectivity index (χ4v) is 5.38. The molecule has 5 rings (SSSR count). The van der Waals surface area contributed by atoms with Gasteiger partial charge in [-0.3, -0.25) is 5.01 Å². The first kappa shape index (κ1) is 26.8. The van der Waals surface area contributed by atoms with E-state index in [1.54, 1.807) is 10.0 Å². The van der Waals surface area contributed by atoms with Crippen LogP contribution in [0.3, 0.4) is 0 Å². The Hall–Kier alpha value is -3.76. The highest BCUT2D eigenvalue weighted by molar-refractivity contribution is 6.21. The maximum absolute atomic E-state index is 12.9. The molecule has 0 saturated heterocycles. The van der Waals surface area contributed by atoms with Crippen molar-refractivity contribution in [1.82, 2.24) is 10.0 Å². The Morgan fingerprint density at radius 2 is 1.87 bits per heavy atom. The third-order valence-electron chi connectivity index (χ3n) is 7.54. The lowest BCUT2D eigenvalue weighted by molar-refractivity contribution is -0.175. The predicted molar refractivity (Wildman–Crippen MR) is 145 cm³/mol. The van der Waals surface area contributed by atoms with Crippen LogP contribution in [0.4, 0.5) is 0 Å². The molecule has 1 aromatic rings. The van der Waals surface area contributed by atoms with E-state index in [-0.39, 0.29) is 26.0 Å². The van der Waals surface area contributed by atoms with Crippen LogP contribution in [0.15, 0.2) is 63.9 Å². The van der Waals surface area contributed by atoms with Gasteiger partial charge in [-0.05, 0) is 25.3 Å². The van der Waals surface area contributed by atoms with Crippen molar-refractivity contribution in [3.8, 4) is 0 Å². The Morgan fingerprint density at radius 1 is 1.10 bits per heavy atom. The van der Waals surface area contributed by atoms with Gasteiger partial charge in [0.2, 0.25) is 11.2 Å². The van der Waals surface area contributed by atoms with Gasteiger partial charge in [0.15, 0.2) is 0 Å². The lowest BCUT2D eigenvalue weighted by Crippen LogP contribution is -2.56. The van der Waals surface area contributed by atoms with Gasteiger partial charge in [0.05, 0.1) is 20.4 Å². The first-order valence-electron chi connectivity index (χ1n) is 12.9. The number of allylic oxidation sites excluding steroid dienone is 5. The lowest BCUT2D eigenvalue weighted by Gasteiger charge is -2.39. The smallest absolute Gasteiger partial charge is 0.345 e. The summed E-state index contributed by atoms with van der Waals surface area (Å²) >= 11 is 0. The number of rotatable bonds is 6. The second-order valence-electron chi connectivity index (χ2n) is 10.4. The standard InChI is InChI=1S/C29H34N4O6/c1-19-7-6-8-21(3)22(11-19)13-28(26(34)36-4)15-30-32(17-38-28)16-33-18-39-29(27(35)37-5)14-23-12-20(2)9-10-24(23)25(29)31-33/h6-12,15,21H,13-14,16-18H2,1-5H3. The number of ether oxygens (including phenoxy) is 4. The lowest BCUT2D eigenvalue weighted by atomic mass is 9.87. The fourth-order valence-electron chi connectivity index (χ4n) is 5.38. The minimum Gasteiger partial charge on any atom is -0.467 e. The van der Waals surface area contributed by atoms with E-state index in [9.17, 15) is 9.59 Å². The van der Waals surface area contributed by atoms with Gasteiger partial charge in [-0.15, -0.1) is 0 Å². The van der Waals surface area contributed by atoms with Crippen LogP contribution in [0.5, 0.6) is 0 Å². The van der Waals surface area contributed by atoms with E-state index in [1.165, 1.54) is 20.4 Å². The van der Waals surface area contributed by atoms with E-state index in [0.717, 1.165) is 27.8 Å². The SMILES string of the molecule is COC(=O)C1(CC2=CC(C)=CC=CC2C)C=NN(CN2COC3(C(=O)OC)Cc4cc(C)ccc4C3=N2)CO1. The summed E-state index contributed by atoms with van der Waals surface area (Å²) in [5, 5.41) is 12.7. The molecule has 2 aliphatic carbocycles. The summed E-state index contributed by atoms with van der Waals surface area (Å²) in [5.74, 6) is -0.847. The molecule has 206 valence electrons. The van der Waals surface area contributed by atoms with Gasteiger partial charge in [0.1, 0.15) is 25.8 Å². The van der Waals surface area contributed by atoms with Crippen LogP contribution >= 0.6 is 0 Å². The van der Waals surface area contributed by atoms with E-state index < -0.39 is 23.1 Å². The fraction of sp³-hybridized carbons (Fsp3) is 0.448. The zero-order valence-corrected chi connectivity index (χ0v) is 23.0. The zero-order chi connectivity index (χ0) is 27.8. The Balaban J connectivity index is 1.37.